The van der Waals surface area contributed by atoms with E-state index in [1.165, 1.54) is 6.07 Å². The van der Waals surface area contributed by atoms with Crippen LogP contribution in [0.15, 0.2) is 18.2 Å². The molecule has 1 aliphatic heterocycles. The maximum Gasteiger partial charge on any atom is 0.227 e. The number of carbonyl (C=O) groups excluding carboxylic acids is 1. The Morgan fingerprint density at radius 2 is 2.24 bits per heavy atom. The molecule has 2 rings (SSSR count). The number of hydrogen-bond donors (Lipinski definition) is 0. The van der Waals surface area contributed by atoms with E-state index in [2.05, 4.69) is 0 Å². The van der Waals surface area contributed by atoms with Gasteiger partial charge in [0.15, 0.2) is 0 Å². The van der Waals surface area contributed by atoms with Gasteiger partial charge in [0, 0.05) is 13.0 Å². The minimum atomic E-state index is -0.278. The Labute approximate surface area is 101 Å². The summed E-state index contributed by atoms with van der Waals surface area (Å²) in [6, 6.07) is 5.05. The Hall–Kier alpha value is -1.38. The molecule has 3 heteroatoms. The second kappa shape index (κ2) is 4.86. The topological polar surface area (TPSA) is 20.3 Å². The number of rotatable bonds is 2. The van der Waals surface area contributed by atoms with Crippen LogP contribution in [-0.4, -0.2) is 12.5 Å². The number of anilines is 1. The van der Waals surface area contributed by atoms with Gasteiger partial charge in [-0.25, -0.2) is 4.39 Å². The number of para-hydroxylation sites is 1. The quantitative estimate of drug-likeness (QED) is 0.771. The van der Waals surface area contributed by atoms with Gasteiger partial charge in [0.05, 0.1) is 5.69 Å². The lowest BCUT2D eigenvalue weighted by Gasteiger charge is -2.30. The molecule has 2 nitrogen and oxygen atoms in total. The van der Waals surface area contributed by atoms with Crippen molar-refractivity contribution in [2.45, 2.75) is 33.1 Å². The van der Waals surface area contributed by atoms with E-state index in [4.69, 9.17) is 0 Å². The van der Waals surface area contributed by atoms with Crippen LogP contribution in [0.5, 0.6) is 0 Å². The van der Waals surface area contributed by atoms with Crippen molar-refractivity contribution >= 4 is 11.6 Å². The minimum Gasteiger partial charge on any atom is -0.309 e. The van der Waals surface area contributed by atoms with E-state index in [9.17, 15) is 9.18 Å². The third-order valence-electron chi connectivity index (χ3n) is 3.05. The molecule has 0 aromatic heterocycles. The number of aryl methyl sites for hydroxylation is 1. The van der Waals surface area contributed by atoms with Crippen molar-refractivity contribution in [2.75, 3.05) is 11.4 Å². The number of halogens is 1. The van der Waals surface area contributed by atoms with Crippen LogP contribution in [0.3, 0.4) is 0 Å². The van der Waals surface area contributed by atoms with Gasteiger partial charge in [-0.2, -0.15) is 0 Å². The van der Waals surface area contributed by atoms with Gasteiger partial charge >= 0.3 is 0 Å². The Morgan fingerprint density at radius 3 is 2.94 bits per heavy atom. The van der Waals surface area contributed by atoms with Gasteiger partial charge in [-0.3, -0.25) is 4.79 Å². The molecular formula is C14H18FNO. The Bertz CT molecular complexity index is 428. The molecule has 1 aliphatic rings. The van der Waals surface area contributed by atoms with Crippen molar-refractivity contribution in [3.63, 3.8) is 0 Å². The lowest BCUT2D eigenvalue weighted by Crippen LogP contribution is -2.36. The third kappa shape index (κ3) is 2.48. The summed E-state index contributed by atoms with van der Waals surface area (Å²) >= 11 is 0. The van der Waals surface area contributed by atoms with E-state index in [0.29, 0.717) is 24.6 Å². The van der Waals surface area contributed by atoms with E-state index in [-0.39, 0.29) is 11.7 Å². The molecule has 0 radical (unpaired) electrons. The first-order chi connectivity index (χ1) is 8.09. The molecular weight excluding hydrogens is 217 g/mol. The minimum absolute atomic E-state index is 0.0334. The van der Waals surface area contributed by atoms with E-state index in [1.54, 1.807) is 11.0 Å². The van der Waals surface area contributed by atoms with Crippen LogP contribution in [0, 0.1) is 11.7 Å². The summed E-state index contributed by atoms with van der Waals surface area (Å²) in [7, 11) is 0. The number of amides is 1. The number of benzene rings is 1. The molecule has 1 aromatic rings. The van der Waals surface area contributed by atoms with Crippen LogP contribution in [-0.2, 0) is 11.2 Å². The molecule has 0 atom stereocenters. The molecule has 17 heavy (non-hydrogen) atoms. The maximum atomic E-state index is 13.8. The van der Waals surface area contributed by atoms with Gasteiger partial charge in [0.1, 0.15) is 5.82 Å². The zero-order valence-electron chi connectivity index (χ0n) is 10.4. The monoisotopic (exact) mass is 235 g/mol. The molecule has 1 aromatic carbocycles. The highest BCUT2D eigenvalue weighted by Crippen LogP contribution is 2.30. The zero-order valence-corrected chi connectivity index (χ0v) is 10.4. The van der Waals surface area contributed by atoms with Crippen molar-refractivity contribution < 1.29 is 9.18 Å². The fourth-order valence-electron chi connectivity index (χ4n) is 2.31. The average Bonchev–Trinajstić information content (AvgIpc) is 2.28. The van der Waals surface area contributed by atoms with Crippen molar-refractivity contribution in [3.8, 4) is 0 Å². The molecule has 0 bridgehead atoms. The SMILES string of the molecule is CC(C)CC(=O)N1CCCc2cccc(F)c21. The number of nitrogens with zero attached hydrogens (tertiary/aromatic N) is 1. The van der Waals surface area contributed by atoms with Crippen molar-refractivity contribution in [1.29, 1.82) is 0 Å². The highest BCUT2D eigenvalue weighted by molar-refractivity contribution is 5.94. The summed E-state index contributed by atoms with van der Waals surface area (Å²) in [5.41, 5.74) is 1.46. The third-order valence-corrected chi connectivity index (χ3v) is 3.05. The molecule has 0 saturated heterocycles. The predicted octanol–water partition coefficient (Wildman–Crippen LogP) is 3.15. The number of carbonyl (C=O) groups is 1. The summed E-state index contributed by atoms with van der Waals surface area (Å²) in [6.45, 7) is 4.65. The van der Waals surface area contributed by atoms with Crippen molar-refractivity contribution in [2.24, 2.45) is 5.92 Å². The van der Waals surface area contributed by atoms with E-state index >= 15 is 0 Å². The zero-order chi connectivity index (χ0) is 12.4. The van der Waals surface area contributed by atoms with E-state index < -0.39 is 0 Å². The lowest BCUT2D eigenvalue weighted by molar-refractivity contribution is -0.119. The Balaban J connectivity index is 2.31. The molecule has 0 N–H and O–H groups in total. The Morgan fingerprint density at radius 1 is 1.47 bits per heavy atom. The largest absolute Gasteiger partial charge is 0.309 e. The fourth-order valence-corrected chi connectivity index (χ4v) is 2.31. The van der Waals surface area contributed by atoms with Gasteiger partial charge < -0.3 is 4.90 Å². The molecule has 0 fully saturated rings. The number of hydrogen-bond acceptors (Lipinski definition) is 1. The smallest absolute Gasteiger partial charge is 0.227 e. The highest BCUT2D eigenvalue weighted by atomic mass is 19.1. The first-order valence-electron chi connectivity index (χ1n) is 6.17. The van der Waals surface area contributed by atoms with E-state index in [0.717, 1.165) is 18.4 Å². The normalized spacial score (nSPS) is 14.9. The summed E-state index contributed by atoms with van der Waals surface area (Å²) in [5, 5.41) is 0. The van der Waals surface area contributed by atoms with Crippen LogP contribution in [0.1, 0.15) is 32.3 Å². The van der Waals surface area contributed by atoms with Gasteiger partial charge in [0.2, 0.25) is 5.91 Å². The van der Waals surface area contributed by atoms with Crippen LogP contribution in [0.2, 0.25) is 0 Å². The summed E-state index contributed by atoms with van der Waals surface area (Å²) in [4.78, 5) is 13.7. The summed E-state index contributed by atoms with van der Waals surface area (Å²) < 4.78 is 13.8. The van der Waals surface area contributed by atoms with Gasteiger partial charge in [-0.05, 0) is 30.4 Å². The van der Waals surface area contributed by atoms with Crippen molar-refractivity contribution in [3.05, 3.63) is 29.6 Å². The van der Waals surface area contributed by atoms with E-state index in [1.807, 2.05) is 19.9 Å². The second-order valence-corrected chi connectivity index (χ2v) is 4.99. The molecule has 0 aliphatic carbocycles. The molecule has 0 saturated carbocycles. The highest BCUT2D eigenvalue weighted by Gasteiger charge is 2.25. The maximum absolute atomic E-state index is 13.8. The summed E-state index contributed by atoms with van der Waals surface area (Å²) in [6.07, 6.45) is 2.26. The Kier molecular flexibility index (Phi) is 3.46. The predicted molar refractivity (Wildman–Crippen MR) is 66.5 cm³/mol. The van der Waals surface area contributed by atoms with Gasteiger partial charge in [-0.1, -0.05) is 26.0 Å². The average molecular weight is 235 g/mol. The molecule has 92 valence electrons. The lowest BCUT2D eigenvalue weighted by atomic mass is 10.00. The van der Waals surface area contributed by atoms with Crippen LogP contribution < -0.4 is 4.90 Å². The standard InChI is InChI=1S/C14H18FNO/c1-10(2)9-13(17)16-8-4-6-11-5-3-7-12(15)14(11)16/h3,5,7,10H,4,6,8-9H2,1-2H3. The molecule has 0 unspecified atom stereocenters. The van der Waals surface area contributed by atoms with Crippen LogP contribution in [0.25, 0.3) is 0 Å². The van der Waals surface area contributed by atoms with Gasteiger partial charge in [-0.15, -0.1) is 0 Å². The van der Waals surface area contributed by atoms with Crippen LogP contribution in [0.4, 0.5) is 10.1 Å². The molecule has 1 heterocycles. The number of fused-ring (bicyclic) bond motifs is 1. The first kappa shape index (κ1) is 12.1. The molecule has 1 amide bonds. The van der Waals surface area contributed by atoms with Crippen molar-refractivity contribution in [1.82, 2.24) is 0 Å². The fraction of sp³-hybridized carbons (Fsp3) is 0.500. The summed E-state index contributed by atoms with van der Waals surface area (Å²) in [5.74, 6) is 0.0602. The first-order valence-corrected chi connectivity index (χ1v) is 6.17. The second-order valence-electron chi connectivity index (χ2n) is 4.99. The molecule has 0 spiro atoms. The van der Waals surface area contributed by atoms with Gasteiger partial charge in [0.25, 0.3) is 0 Å². The van der Waals surface area contributed by atoms with Crippen LogP contribution >= 0.6 is 0 Å².